The van der Waals surface area contributed by atoms with Crippen molar-refractivity contribution in [3.05, 3.63) is 77.5 Å². The van der Waals surface area contributed by atoms with E-state index in [1.54, 1.807) is 12.1 Å². The van der Waals surface area contributed by atoms with Crippen LogP contribution in [0.3, 0.4) is 0 Å². The fourth-order valence-corrected chi connectivity index (χ4v) is 9.74. The molecule has 3 atom stereocenters. The summed E-state index contributed by atoms with van der Waals surface area (Å²) < 4.78 is 54.7. The molecule has 1 saturated carbocycles. The minimum atomic E-state index is -4.32. The number of nitrogens with two attached hydrogens (primary N) is 1. The lowest BCUT2D eigenvalue weighted by Gasteiger charge is -2.56. The zero-order valence-corrected chi connectivity index (χ0v) is 29.6. The molecule has 0 bridgehead atoms. The number of benzene rings is 2. The SMILES string of the molecule is CC(C)(c1ccccc1[C@@H]1CCCN1C1CC2(CCN(c3ccc(C(N)=O)c(N4c5cc6cc[nH]c6nc5OC5COCC54)c3)CC2)C1)C(F)(F)F. The number of nitrogens with zero attached hydrogens (tertiary/aromatic N) is 4. The van der Waals surface area contributed by atoms with Gasteiger partial charge in [-0.3, -0.25) is 9.69 Å². The van der Waals surface area contributed by atoms with Crippen molar-refractivity contribution in [3.8, 4) is 5.88 Å². The van der Waals surface area contributed by atoms with Crippen molar-refractivity contribution in [2.75, 3.05) is 42.6 Å². The Balaban J connectivity index is 0.933. The summed E-state index contributed by atoms with van der Waals surface area (Å²) in [6.45, 7) is 6.19. The Labute approximate surface area is 301 Å². The molecule has 9 rings (SSSR count). The second-order valence-corrected chi connectivity index (χ2v) is 16.1. The van der Waals surface area contributed by atoms with Crippen molar-refractivity contribution in [2.45, 2.75) is 88.2 Å². The first-order chi connectivity index (χ1) is 24.9. The molecule has 3 N–H and O–H groups in total. The number of piperidine rings is 1. The minimum absolute atomic E-state index is 0.0150. The summed E-state index contributed by atoms with van der Waals surface area (Å²) in [4.78, 5) is 27.8. The number of ether oxygens (including phenoxy) is 2. The van der Waals surface area contributed by atoms with Crippen LogP contribution in [0.25, 0.3) is 11.0 Å². The standard InChI is InChI=1S/C40H45F3N6O3/c1-38(2,40(41,42)43)29-7-4-3-6-27(29)30-8-5-15-48(30)26-20-39(21-26)12-16-47(17-13-39)25-9-10-28(35(44)50)31(19-25)49-32-18-24-11-14-45-36(24)46-37(32)52-34-23-51-22-33(34)49/h3-4,6-7,9-11,14,18-19,26,30,33-34H,5,8,12-13,15-17,20-23H2,1-2H3,(H2,44,50)(H,45,46)/t30-,33?,34?/m0/s1. The van der Waals surface area contributed by atoms with Gasteiger partial charge in [-0.15, -0.1) is 0 Å². The zero-order chi connectivity index (χ0) is 36.0. The summed E-state index contributed by atoms with van der Waals surface area (Å²) in [5.41, 5.74) is 9.25. The number of fused-ring (bicyclic) bond motifs is 3. The smallest absolute Gasteiger partial charge is 0.397 e. The van der Waals surface area contributed by atoms with Gasteiger partial charge >= 0.3 is 6.18 Å². The molecular formula is C40H45F3N6O3. The number of alkyl halides is 3. The maximum Gasteiger partial charge on any atom is 0.397 e. The van der Waals surface area contributed by atoms with E-state index in [-0.39, 0.29) is 23.6 Å². The van der Waals surface area contributed by atoms with Crippen LogP contribution in [0, 0.1) is 5.41 Å². The highest BCUT2D eigenvalue weighted by Gasteiger charge is 2.53. The number of nitrogens with one attached hydrogen (secondary N) is 1. The molecule has 274 valence electrons. The Morgan fingerprint density at radius 2 is 1.79 bits per heavy atom. The number of anilines is 3. The predicted molar refractivity (Wildman–Crippen MR) is 193 cm³/mol. The van der Waals surface area contributed by atoms with Gasteiger partial charge in [-0.1, -0.05) is 24.3 Å². The summed E-state index contributed by atoms with van der Waals surface area (Å²) in [6.07, 6.45) is 3.40. The van der Waals surface area contributed by atoms with E-state index in [1.165, 1.54) is 13.8 Å². The fourth-order valence-electron chi connectivity index (χ4n) is 9.74. The van der Waals surface area contributed by atoms with Crippen LogP contribution in [0.5, 0.6) is 5.88 Å². The predicted octanol–water partition coefficient (Wildman–Crippen LogP) is 7.39. The zero-order valence-electron chi connectivity index (χ0n) is 29.6. The van der Waals surface area contributed by atoms with Gasteiger partial charge in [0.2, 0.25) is 5.88 Å². The fraction of sp³-hybridized carbons (Fsp3) is 0.500. The second kappa shape index (κ2) is 12.1. The monoisotopic (exact) mass is 714 g/mol. The van der Waals surface area contributed by atoms with Crippen LogP contribution in [0.15, 0.2) is 60.8 Å². The molecule has 5 aliphatic rings. The van der Waals surface area contributed by atoms with Gasteiger partial charge in [0.05, 0.1) is 35.9 Å². The highest BCUT2D eigenvalue weighted by atomic mass is 19.4. The molecule has 3 saturated heterocycles. The normalized spacial score (nSPS) is 24.9. The van der Waals surface area contributed by atoms with E-state index in [2.05, 4.69) is 25.8 Å². The van der Waals surface area contributed by atoms with E-state index in [4.69, 9.17) is 20.2 Å². The maximum absolute atomic E-state index is 14.2. The highest BCUT2D eigenvalue weighted by molar-refractivity contribution is 6.01. The Bertz CT molecular complexity index is 2010. The van der Waals surface area contributed by atoms with Gasteiger partial charge in [-0.05, 0) is 106 Å². The largest absolute Gasteiger partial charge is 0.468 e. The van der Waals surface area contributed by atoms with Crippen LogP contribution >= 0.6 is 0 Å². The lowest BCUT2D eigenvalue weighted by molar-refractivity contribution is -0.180. The van der Waals surface area contributed by atoms with Gasteiger partial charge in [0.15, 0.2) is 0 Å². The Morgan fingerprint density at radius 1 is 1.00 bits per heavy atom. The molecule has 0 radical (unpaired) electrons. The van der Waals surface area contributed by atoms with Crippen molar-refractivity contribution in [1.82, 2.24) is 14.9 Å². The number of aromatic amines is 1. The lowest BCUT2D eigenvalue weighted by Crippen LogP contribution is -2.55. The Kier molecular flexibility index (Phi) is 7.82. The van der Waals surface area contributed by atoms with E-state index in [0.717, 1.165) is 91.8 Å². The van der Waals surface area contributed by atoms with E-state index in [9.17, 15) is 18.0 Å². The molecule has 9 nitrogen and oxygen atoms in total. The molecule has 4 aromatic rings. The molecule has 12 heteroatoms. The van der Waals surface area contributed by atoms with Gasteiger partial charge in [0, 0.05) is 42.4 Å². The average Bonchev–Trinajstić information content (AvgIpc) is 3.89. The second-order valence-electron chi connectivity index (χ2n) is 16.1. The van der Waals surface area contributed by atoms with Crippen LogP contribution in [0.4, 0.5) is 30.2 Å². The molecule has 1 aliphatic carbocycles. The van der Waals surface area contributed by atoms with E-state index >= 15 is 0 Å². The van der Waals surface area contributed by atoms with Crippen molar-refractivity contribution in [1.29, 1.82) is 0 Å². The van der Waals surface area contributed by atoms with Crippen molar-refractivity contribution in [2.24, 2.45) is 11.1 Å². The Hall–Kier alpha value is -4.29. The van der Waals surface area contributed by atoms with E-state index < -0.39 is 17.5 Å². The van der Waals surface area contributed by atoms with Crippen LogP contribution in [-0.4, -0.2) is 78.0 Å². The molecule has 1 amide bonds. The first-order valence-corrected chi connectivity index (χ1v) is 18.5. The number of hydrogen-bond donors (Lipinski definition) is 2. The molecule has 4 aliphatic heterocycles. The molecular weight excluding hydrogens is 669 g/mol. The summed E-state index contributed by atoms with van der Waals surface area (Å²) >= 11 is 0. The first kappa shape index (κ1) is 33.5. The number of amides is 1. The number of hydrogen-bond acceptors (Lipinski definition) is 7. The van der Waals surface area contributed by atoms with Crippen LogP contribution in [0.2, 0.25) is 0 Å². The van der Waals surface area contributed by atoms with Crippen molar-refractivity contribution in [3.63, 3.8) is 0 Å². The highest BCUT2D eigenvalue weighted by Crippen LogP contribution is 2.55. The molecule has 52 heavy (non-hydrogen) atoms. The van der Waals surface area contributed by atoms with E-state index in [1.807, 2.05) is 42.6 Å². The Morgan fingerprint density at radius 3 is 2.56 bits per heavy atom. The molecule has 2 aromatic heterocycles. The average molecular weight is 715 g/mol. The third kappa shape index (κ3) is 5.35. The number of rotatable bonds is 6. The van der Waals surface area contributed by atoms with Crippen LogP contribution in [-0.2, 0) is 10.2 Å². The van der Waals surface area contributed by atoms with E-state index in [0.29, 0.717) is 36.3 Å². The van der Waals surface area contributed by atoms with Gasteiger partial charge < -0.3 is 30.0 Å². The molecule has 6 heterocycles. The number of pyridine rings is 1. The minimum Gasteiger partial charge on any atom is -0.468 e. The number of primary amides is 1. The summed E-state index contributed by atoms with van der Waals surface area (Å²) in [5.74, 6) is -0.00146. The van der Waals surface area contributed by atoms with Crippen molar-refractivity contribution >= 4 is 34.0 Å². The molecule has 2 unspecified atom stereocenters. The maximum atomic E-state index is 14.2. The topological polar surface area (TPSA) is 100.0 Å². The van der Waals surface area contributed by atoms with Gasteiger partial charge in [-0.2, -0.15) is 18.2 Å². The summed E-state index contributed by atoms with van der Waals surface area (Å²) in [6, 6.07) is 17.4. The van der Waals surface area contributed by atoms with Crippen LogP contribution < -0.4 is 20.3 Å². The summed E-state index contributed by atoms with van der Waals surface area (Å²) in [5, 5.41) is 0.941. The van der Waals surface area contributed by atoms with Crippen molar-refractivity contribution < 1.29 is 27.4 Å². The third-order valence-corrected chi connectivity index (χ3v) is 12.8. The number of carbonyl (C=O) groups is 1. The van der Waals surface area contributed by atoms with Gasteiger partial charge in [0.1, 0.15) is 17.4 Å². The lowest BCUT2D eigenvalue weighted by atomic mass is 9.59. The quantitative estimate of drug-likeness (QED) is 0.215. The van der Waals surface area contributed by atoms with Gasteiger partial charge in [0.25, 0.3) is 5.91 Å². The molecule has 2 aromatic carbocycles. The molecule has 4 fully saturated rings. The number of H-pyrrole nitrogens is 1. The number of likely N-dealkylation sites (tertiary alicyclic amines) is 1. The summed E-state index contributed by atoms with van der Waals surface area (Å²) in [7, 11) is 0. The number of carbonyl (C=O) groups excluding carboxylic acids is 1. The van der Waals surface area contributed by atoms with Gasteiger partial charge in [-0.25, -0.2) is 0 Å². The first-order valence-electron chi connectivity index (χ1n) is 18.5. The molecule has 1 spiro atoms. The van der Waals surface area contributed by atoms with Crippen LogP contribution in [0.1, 0.15) is 79.9 Å². The number of aromatic nitrogens is 2. The number of halogens is 3. The third-order valence-electron chi connectivity index (χ3n) is 12.8.